The molecule has 0 saturated carbocycles. The molecule has 2 heteroatoms. The first-order valence-electron chi connectivity index (χ1n) is 3.81. The van der Waals surface area contributed by atoms with Gasteiger partial charge in [0.25, 0.3) is 0 Å². The Bertz CT molecular complexity index is 283. The third-order valence-corrected chi connectivity index (χ3v) is 2.48. The van der Waals surface area contributed by atoms with Gasteiger partial charge < -0.3 is 5.32 Å². The topological polar surface area (TPSA) is 12.0 Å². The maximum absolute atomic E-state index is 5.97. The summed E-state index contributed by atoms with van der Waals surface area (Å²) in [4.78, 5) is 0. The van der Waals surface area contributed by atoms with Crippen molar-refractivity contribution >= 4 is 17.3 Å². The zero-order chi connectivity index (χ0) is 7.84. The highest BCUT2D eigenvalue weighted by Crippen LogP contribution is 2.35. The third kappa shape index (κ3) is 1.000. The van der Waals surface area contributed by atoms with Crippen LogP contribution in [-0.2, 0) is 0 Å². The molecule has 11 heavy (non-hydrogen) atoms. The van der Waals surface area contributed by atoms with Gasteiger partial charge in [-0.1, -0.05) is 30.7 Å². The molecule has 1 nitrogen and oxygen atoms in total. The quantitative estimate of drug-likeness (QED) is 0.627. The lowest BCUT2D eigenvalue weighted by molar-refractivity contribution is 0.854. The Morgan fingerprint density at radius 3 is 3.09 bits per heavy atom. The van der Waals surface area contributed by atoms with Crippen LogP contribution in [0.4, 0.5) is 5.69 Å². The van der Waals surface area contributed by atoms with Gasteiger partial charge in [0.2, 0.25) is 0 Å². The van der Waals surface area contributed by atoms with E-state index < -0.39 is 0 Å². The molecule has 0 radical (unpaired) electrons. The fourth-order valence-corrected chi connectivity index (χ4v) is 1.75. The Hall–Kier alpha value is -0.690. The zero-order valence-corrected chi connectivity index (χ0v) is 7.15. The number of fused-ring (bicyclic) bond motifs is 1. The summed E-state index contributed by atoms with van der Waals surface area (Å²) >= 11 is 5.97. The molecule has 1 aromatic carbocycles. The zero-order valence-electron chi connectivity index (χ0n) is 6.39. The SMILES string of the molecule is C[C@@H]1CNc2c(Cl)cccc21. The van der Waals surface area contributed by atoms with Crippen molar-refractivity contribution in [2.75, 3.05) is 11.9 Å². The van der Waals surface area contributed by atoms with Crippen LogP contribution in [0.25, 0.3) is 0 Å². The Labute approximate surface area is 71.4 Å². The van der Waals surface area contributed by atoms with Gasteiger partial charge >= 0.3 is 0 Å². The van der Waals surface area contributed by atoms with Gasteiger partial charge in [-0.2, -0.15) is 0 Å². The van der Waals surface area contributed by atoms with E-state index in [0.717, 1.165) is 17.3 Å². The van der Waals surface area contributed by atoms with E-state index in [1.165, 1.54) is 5.56 Å². The van der Waals surface area contributed by atoms with Crippen LogP contribution in [0.1, 0.15) is 18.4 Å². The number of hydrogen-bond acceptors (Lipinski definition) is 1. The predicted octanol–water partition coefficient (Wildman–Crippen LogP) is 2.87. The van der Waals surface area contributed by atoms with Crippen molar-refractivity contribution in [1.82, 2.24) is 0 Å². The van der Waals surface area contributed by atoms with Crippen molar-refractivity contribution in [3.05, 3.63) is 28.8 Å². The van der Waals surface area contributed by atoms with E-state index in [2.05, 4.69) is 18.3 Å². The molecule has 1 heterocycles. The highest BCUT2D eigenvalue weighted by molar-refractivity contribution is 6.33. The highest BCUT2D eigenvalue weighted by Gasteiger charge is 2.18. The largest absolute Gasteiger partial charge is 0.383 e. The third-order valence-electron chi connectivity index (χ3n) is 2.16. The van der Waals surface area contributed by atoms with Crippen molar-refractivity contribution < 1.29 is 0 Å². The molecule has 0 aromatic heterocycles. The lowest BCUT2D eigenvalue weighted by Gasteiger charge is -2.01. The lowest BCUT2D eigenvalue weighted by Crippen LogP contribution is -1.96. The van der Waals surface area contributed by atoms with Crippen LogP contribution in [0.15, 0.2) is 18.2 Å². The fourth-order valence-electron chi connectivity index (χ4n) is 1.50. The minimum Gasteiger partial charge on any atom is -0.383 e. The van der Waals surface area contributed by atoms with E-state index in [-0.39, 0.29) is 0 Å². The summed E-state index contributed by atoms with van der Waals surface area (Å²) in [5, 5.41) is 4.13. The van der Waals surface area contributed by atoms with Crippen LogP contribution in [0.2, 0.25) is 5.02 Å². The van der Waals surface area contributed by atoms with Crippen LogP contribution >= 0.6 is 11.6 Å². The smallest absolute Gasteiger partial charge is 0.0640 e. The van der Waals surface area contributed by atoms with E-state index >= 15 is 0 Å². The van der Waals surface area contributed by atoms with Gasteiger partial charge in [-0.25, -0.2) is 0 Å². The van der Waals surface area contributed by atoms with Gasteiger partial charge in [0.15, 0.2) is 0 Å². The minimum absolute atomic E-state index is 0.601. The first-order valence-corrected chi connectivity index (χ1v) is 4.19. The monoisotopic (exact) mass is 167 g/mol. The van der Waals surface area contributed by atoms with Gasteiger partial charge in [-0.3, -0.25) is 0 Å². The van der Waals surface area contributed by atoms with E-state index in [4.69, 9.17) is 11.6 Å². The average molecular weight is 168 g/mol. The Morgan fingerprint density at radius 2 is 2.36 bits per heavy atom. The number of nitrogens with one attached hydrogen (secondary N) is 1. The van der Waals surface area contributed by atoms with E-state index in [1.54, 1.807) is 0 Å². The molecule has 1 atom stereocenters. The molecule has 0 amide bonds. The standard InChI is InChI=1S/C9H10ClN/c1-6-5-11-9-7(6)3-2-4-8(9)10/h2-4,6,11H,5H2,1H3/t6-/m1/s1. The molecule has 1 aliphatic rings. The summed E-state index contributed by atoms with van der Waals surface area (Å²) in [5.74, 6) is 0.601. The second kappa shape index (κ2) is 2.42. The summed E-state index contributed by atoms with van der Waals surface area (Å²) < 4.78 is 0. The van der Waals surface area contributed by atoms with E-state index in [9.17, 15) is 0 Å². The van der Waals surface area contributed by atoms with Crippen molar-refractivity contribution in [3.8, 4) is 0 Å². The van der Waals surface area contributed by atoms with Crippen LogP contribution in [0.5, 0.6) is 0 Å². The van der Waals surface area contributed by atoms with Gasteiger partial charge in [0.05, 0.1) is 10.7 Å². The highest BCUT2D eigenvalue weighted by atomic mass is 35.5. The summed E-state index contributed by atoms with van der Waals surface area (Å²) in [6.45, 7) is 3.22. The first-order chi connectivity index (χ1) is 5.29. The van der Waals surface area contributed by atoms with Crippen molar-refractivity contribution in [1.29, 1.82) is 0 Å². The molecule has 0 unspecified atom stereocenters. The van der Waals surface area contributed by atoms with Crippen LogP contribution in [0, 0.1) is 0 Å². The molecule has 0 saturated heterocycles. The molecular formula is C9H10ClN. The maximum Gasteiger partial charge on any atom is 0.0640 e. The number of halogens is 1. The van der Waals surface area contributed by atoms with Gasteiger partial charge in [-0.05, 0) is 11.6 Å². The number of rotatable bonds is 0. The maximum atomic E-state index is 5.97. The second-order valence-electron chi connectivity index (χ2n) is 2.99. The summed E-state index contributed by atoms with van der Waals surface area (Å²) in [5.41, 5.74) is 2.47. The number of benzene rings is 1. The lowest BCUT2D eigenvalue weighted by atomic mass is 10.0. The van der Waals surface area contributed by atoms with Gasteiger partial charge in [0, 0.05) is 12.5 Å². The molecule has 0 spiro atoms. The molecule has 0 aliphatic carbocycles. The molecule has 1 N–H and O–H groups in total. The van der Waals surface area contributed by atoms with Gasteiger partial charge in [-0.15, -0.1) is 0 Å². The Morgan fingerprint density at radius 1 is 1.55 bits per heavy atom. The van der Waals surface area contributed by atoms with Crippen LogP contribution < -0.4 is 5.32 Å². The minimum atomic E-state index is 0.601. The molecule has 1 aromatic rings. The number of para-hydroxylation sites is 1. The number of hydrogen-bond donors (Lipinski definition) is 1. The summed E-state index contributed by atoms with van der Waals surface area (Å²) in [6, 6.07) is 6.06. The molecule has 2 rings (SSSR count). The second-order valence-corrected chi connectivity index (χ2v) is 3.39. The van der Waals surface area contributed by atoms with Crippen molar-refractivity contribution in [2.45, 2.75) is 12.8 Å². The van der Waals surface area contributed by atoms with Gasteiger partial charge in [0.1, 0.15) is 0 Å². The summed E-state index contributed by atoms with van der Waals surface area (Å²) in [6.07, 6.45) is 0. The Balaban J connectivity index is 2.57. The van der Waals surface area contributed by atoms with E-state index in [1.807, 2.05) is 12.1 Å². The normalized spacial score (nSPS) is 21.1. The molecule has 0 fully saturated rings. The Kier molecular flexibility index (Phi) is 1.53. The van der Waals surface area contributed by atoms with Crippen molar-refractivity contribution in [3.63, 3.8) is 0 Å². The van der Waals surface area contributed by atoms with Crippen LogP contribution in [-0.4, -0.2) is 6.54 Å². The average Bonchev–Trinajstić information content (AvgIpc) is 2.35. The van der Waals surface area contributed by atoms with Crippen molar-refractivity contribution in [2.24, 2.45) is 0 Å². The fraction of sp³-hybridized carbons (Fsp3) is 0.333. The predicted molar refractivity (Wildman–Crippen MR) is 48.4 cm³/mol. The summed E-state index contributed by atoms with van der Waals surface area (Å²) in [7, 11) is 0. The van der Waals surface area contributed by atoms with E-state index in [0.29, 0.717) is 5.92 Å². The molecular weight excluding hydrogens is 158 g/mol. The molecule has 1 aliphatic heterocycles. The molecule has 0 bridgehead atoms. The van der Waals surface area contributed by atoms with Crippen LogP contribution in [0.3, 0.4) is 0 Å². The number of anilines is 1. The molecule has 58 valence electrons. The first kappa shape index (κ1) is 6.99.